The van der Waals surface area contributed by atoms with Crippen LogP contribution in [0.5, 0.6) is 0 Å². The quantitative estimate of drug-likeness (QED) is 0.891. The molecular formula is C19H29F2N3. The zero-order valence-corrected chi connectivity index (χ0v) is 14.6. The lowest BCUT2D eigenvalue weighted by atomic mass is 9.97. The predicted octanol–water partition coefficient (Wildman–Crippen LogP) is 2.92. The molecule has 24 heavy (non-hydrogen) atoms. The van der Waals surface area contributed by atoms with Crippen LogP contribution in [-0.2, 0) is 12.5 Å². The Kier molecular flexibility index (Phi) is 5.85. The van der Waals surface area contributed by atoms with E-state index in [-0.39, 0.29) is 5.56 Å². The Hall–Kier alpha value is -1.04. The number of nitrogens with zero attached hydrogens (tertiary/aromatic N) is 2. The number of alkyl halides is 2. The van der Waals surface area contributed by atoms with Crippen molar-refractivity contribution in [3.8, 4) is 0 Å². The van der Waals surface area contributed by atoms with Crippen LogP contribution in [0.2, 0.25) is 0 Å². The third-order valence-electron chi connectivity index (χ3n) is 5.28. The molecule has 0 radical (unpaired) electrons. The molecule has 2 saturated heterocycles. The highest BCUT2D eigenvalue weighted by Gasteiger charge is 2.25. The fraction of sp³-hybridized carbons (Fsp3) is 0.684. The summed E-state index contributed by atoms with van der Waals surface area (Å²) in [4.78, 5) is 4.95. The molecule has 5 heteroatoms. The lowest BCUT2D eigenvalue weighted by Crippen LogP contribution is -2.48. The van der Waals surface area contributed by atoms with Gasteiger partial charge < -0.3 is 10.2 Å². The van der Waals surface area contributed by atoms with Gasteiger partial charge in [0.1, 0.15) is 0 Å². The summed E-state index contributed by atoms with van der Waals surface area (Å²) in [7, 11) is 0. The van der Waals surface area contributed by atoms with Gasteiger partial charge in [-0.3, -0.25) is 4.90 Å². The molecule has 0 aromatic heterocycles. The van der Waals surface area contributed by atoms with Gasteiger partial charge in [0.2, 0.25) is 0 Å². The van der Waals surface area contributed by atoms with Crippen molar-refractivity contribution in [2.45, 2.75) is 32.2 Å². The van der Waals surface area contributed by atoms with Crippen molar-refractivity contribution in [3.63, 3.8) is 0 Å². The van der Waals surface area contributed by atoms with Crippen molar-refractivity contribution in [2.75, 3.05) is 45.8 Å². The second-order valence-electron chi connectivity index (χ2n) is 7.36. The van der Waals surface area contributed by atoms with Crippen molar-refractivity contribution in [1.29, 1.82) is 0 Å². The summed E-state index contributed by atoms with van der Waals surface area (Å²) in [5.74, 6) is -1.93. The molecule has 1 aromatic rings. The average molecular weight is 337 g/mol. The zero-order valence-electron chi connectivity index (χ0n) is 14.6. The van der Waals surface area contributed by atoms with Gasteiger partial charge in [0, 0.05) is 51.8 Å². The van der Waals surface area contributed by atoms with E-state index in [1.54, 1.807) is 12.1 Å². The molecule has 2 aliphatic heterocycles. The van der Waals surface area contributed by atoms with E-state index >= 15 is 0 Å². The molecule has 2 aliphatic rings. The maximum Gasteiger partial charge on any atom is 0.270 e. The molecule has 0 unspecified atom stereocenters. The van der Waals surface area contributed by atoms with E-state index in [1.165, 1.54) is 25.5 Å². The van der Waals surface area contributed by atoms with Crippen LogP contribution in [-0.4, -0.2) is 55.6 Å². The highest BCUT2D eigenvalue weighted by molar-refractivity contribution is 5.26. The van der Waals surface area contributed by atoms with Crippen LogP contribution < -0.4 is 5.32 Å². The number of nitrogens with one attached hydrogen (secondary N) is 1. The molecule has 0 bridgehead atoms. The number of hydrogen-bond acceptors (Lipinski definition) is 3. The lowest BCUT2D eigenvalue weighted by molar-refractivity contribution is 0.0173. The fourth-order valence-corrected chi connectivity index (χ4v) is 3.76. The van der Waals surface area contributed by atoms with Crippen molar-refractivity contribution in [3.05, 3.63) is 35.4 Å². The first kappa shape index (κ1) is 17.8. The smallest absolute Gasteiger partial charge is 0.270 e. The summed E-state index contributed by atoms with van der Waals surface area (Å²) < 4.78 is 26.9. The van der Waals surface area contributed by atoms with Gasteiger partial charge in [-0.15, -0.1) is 0 Å². The fourth-order valence-electron chi connectivity index (χ4n) is 3.76. The van der Waals surface area contributed by atoms with Gasteiger partial charge in [0.05, 0.1) is 0 Å². The Balaban J connectivity index is 1.47. The molecule has 0 spiro atoms. The first-order chi connectivity index (χ1) is 11.5. The van der Waals surface area contributed by atoms with Gasteiger partial charge in [-0.25, -0.2) is 8.78 Å². The summed E-state index contributed by atoms with van der Waals surface area (Å²) in [6, 6.07) is 6.87. The van der Waals surface area contributed by atoms with E-state index in [0.717, 1.165) is 64.2 Å². The van der Waals surface area contributed by atoms with Crippen LogP contribution in [0.15, 0.2) is 24.3 Å². The third-order valence-corrected chi connectivity index (χ3v) is 5.28. The van der Waals surface area contributed by atoms with Gasteiger partial charge >= 0.3 is 0 Å². The molecule has 3 nitrogen and oxygen atoms in total. The second-order valence-corrected chi connectivity index (χ2v) is 7.36. The average Bonchev–Trinajstić information content (AvgIpc) is 2.57. The Morgan fingerprint density at radius 2 is 1.75 bits per heavy atom. The lowest BCUT2D eigenvalue weighted by Gasteiger charge is -2.37. The van der Waals surface area contributed by atoms with E-state index < -0.39 is 5.92 Å². The van der Waals surface area contributed by atoms with E-state index in [0.29, 0.717) is 0 Å². The number of piperazine rings is 1. The van der Waals surface area contributed by atoms with E-state index in [1.807, 2.05) is 6.07 Å². The molecule has 0 amide bonds. The Morgan fingerprint density at radius 1 is 1.08 bits per heavy atom. The van der Waals surface area contributed by atoms with E-state index in [2.05, 4.69) is 15.1 Å². The standard InChI is InChI=1S/C19H29F2N3/c1-19(20,21)18-4-2-3-17(13-18)15-24-11-9-23(10-12-24)14-16-5-7-22-8-6-16/h2-4,13,16,22H,5-12,14-15H2,1H3. The van der Waals surface area contributed by atoms with E-state index in [4.69, 9.17) is 0 Å². The first-order valence-corrected chi connectivity index (χ1v) is 9.13. The minimum atomic E-state index is -2.76. The highest BCUT2D eigenvalue weighted by atomic mass is 19.3. The van der Waals surface area contributed by atoms with Gasteiger partial charge in [-0.1, -0.05) is 18.2 Å². The van der Waals surface area contributed by atoms with Crippen molar-refractivity contribution in [1.82, 2.24) is 15.1 Å². The number of benzene rings is 1. The first-order valence-electron chi connectivity index (χ1n) is 9.13. The third kappa shape index (κ3) is 4.98. The maximum atomic E-state index is 13.5. The summed E-state index contributed by atoms with van der Waals surface area (Å²) in [6.45, 7) is 9.49. The summed E-state index contributed by atoms with van der Waals surface area (Å²) in [6.07, 6.45) is 2.58. The largest absolute Gasteiger partial charge is 0.317 e. The van der Waals surface area contributed by atoms with E-state index in [9.17, 15) is 8.78 Å². The van der Waals surface area contributed by atoms with Crippen LogP contribution in [0.25, 0.3) is 0 Å². The zero-order chi connectivity index (χ0) is 17.0. The molecule has 2 heterocycles. The molecule has 2 fully saturated rings. The van der Waals surface area contributed by atoms with Crippen LogP contribution in [0.4, 0.5) is 8.78 Å². The number of halogens is 2. The summed E-state index contributed by atoms with van der Waals surface area (Å²) in [5.41, 5.74) is 1.10. The number of piperidine rings is 1. The minimum absolute atomic E-state index is 0.115. The molecular weight excluding hydrogens is 308 g/mol. The van der Waals surface area contributed by atoms with Crippen molar-refractivity contribution >= 4 is 0 Å². The van der Waals surface area contributed by atoms with Crippen LogP contribution >= 0.6 is 0 Å². The summed E-state index contributed by atoms with van der Waals surface area (Å²) in [5, 5.41) is 3.42. The van der Waals surface area contributed by atoms with Crippen LogP contribution in [0.3, 0.4) is 0 Å². The highest BCUT2D eigenvalue weighted by Crippen LogP contribution is 2.27. The Labute approximate surface area is 144 Å². The molecule has 0 saturated carbocycles. The van der Waals surface area contributed by atoms with Crippen LogP contribution in [0, 0.1) is 5.92 Å². The molecule has 0 atom stereocenters. The molecule has 1 aromatic carbocycles. The maximum absolute atomic E-state index is 13.5. The van der Waals surface area contributed by atoms with Gasteiger partial charge in [0.25, 0.3) is 5.92 Å². The topological polar surface area (TPSA) is 18.5 Å². The SMILES string of the molecule is CC(F)(F)c1cccc(CN2CCN(CC3CCNCC3)CC2)c1. The minimum Gasteiger partial charge on any atom is -0.317 e. The van der Waals surface area contributed by atoms with Crippen molar-refractivity contribution in [2.24, 2.45) is 5.92 Å². The number of hydrogen-bond donors (Lipinski definition) is 1. The number of rotatable bonds is 5. The van der Waals surface area contributed by atoms with Gasteiger partial charge in [-0.2, -0.15) is 0 Å². The monoisotopic (exact) mass is 337 g/mol. The second kappa shape index (κ2) is 7.89. The summed E-state index contributed by atoms with van der Waals surface area (Å²) >= 11 is 0. The van der Waals surface area contributed by atoms with Crippen molar-refractivity contribution < 1.29 is 8.78 Å². The predicted molar refractivity (Wildman–Crippen MR) is 93.3 cm³/mol. The molecule has 1 N–H and O–H groups in total. The molecule has 134 valence electrons. The van der Waals surface area contributed by atoms with Crippen LogP contribution in [0.1, 0.15) is 30.9 Å². The normalized spacial score (nSPS) is 22.0. The van der Waals surface area contributed by atoms with Gasteiger partial charge in [0.15, 0.2) is 0 Å². The Morgan fingerprint density at radius 3 is 2.42 bits per heavy atom. The van der Waals surface area contributed by atoms with Gasteiger partial charge in [-0.05, 0) is 43.5 Å². The Bertz CT molecular complexity index is 516. The molecule has 0 aliphatic carbocycles. The molecule has 3 rings (SSSR count).